The van der Waals surface area contributed by atoms with Gasteiger partial charge in [-0.05, 0) is 95.2 Å². The van der Waals surface area contributed by atoms with Crippen LogP contribution in [0.15, 0.2) is 48.5 Å². The number of hydrogen-bond acceptors (Lipinski definition) is 10. The van der Waals surface area contributed by atoms with E-state index in [-0.39, 0.29) is 24.2 Å². The molecule has 4 fully saturated rings. The number of ether oxygens (including phenoxy) is 2. The van der Waals surface area contributed by atoms with Gasteiger partial charge in [0.15, 0.2) is 5.82 Å². The number of rotatable bonds is 7. The Bertz CT molecular complexity index is 1480. The Balaban J connectivity index is 1.02. The van der Waals surface area contributed by atoms with Crippen molar-refractivity contribution in [2.45, 2.75) is 56.8 Å². The molecule has 3 unspecified atom stereocenters. The Labute approximate surface area is 271 Å². The summed E-state index contributed by atoms with van der Waals surface area (Å²) in [5, 5.41) is 5.91. The summed E-state index contributed by atoms with van der Waals surface area (Å²) in [6.07, 6.45) is 4.48. The van der Waals surface area contributed by atoms with Gasteiger partial charge in [0.1, 0.15) is 0 Å². The Hall–Kier alpha value is -4.00. The summed E-state index contributed by atoms with van der Waals surface area (Å²) >= 11 is 0. The molecule has 2 amide bonds. The summed E-state index contributed by atoms with van der Waals surface area (Å²) in [7, 11) is 4.31. The number of fused-ring (bicyclic) bond motifs is 2. The fourth-order valence-corrected chi connectivity index (χ4v) is 7.10. The molecule has 12 heteroatoms. The molecule has 2 aromatic carbocycles. The maximum absolute atomic E-state index is 12.9. The van der Waals surface area contributed by atoms with Gasteiger partial charge >= 0.3 is 6.03 Å². The van der Waals surface area contributed by atoms with Crippen molar-refractivity contribution in [2.24, 2.45) is 0 Å². The van der Waals surface area contributed by atoms with Crippen molar-refractivity contribution in [3.05, 3.63) is 48.5 Å². The normalized spacial score (nSPS) is 23.6. The van der Waals surface area contributed by atoms with Crippen LogP contribution in [0.3, 0.4) is 0 Å². The van der Waals surface area contributed by atoms with Crippen molar-refractivity contribution < 1.29 is 14.3 Å². The van der Waals surface area contributed by atoms with Gasteiger partial charge in [0, 0.05) is 48.3 Å². The van der Waals surface area contributed by atoms with Crippen molar-refractivity contribution in [1.29, 1.82) is 0 Å². The van der Waals surface area contributed by atoms with Crippen LogP contribution in [0, 0.1) is 0 Å². The minimum atomic E-state index is -0.291. The summed E-state index contributed by atoms with van der Waals surface area (Å²) in [6, 6.07) is 16.8. The number of urea groups is 1. The van der Waals surface area contributed by atoms with Crippen LogP contribution in [0.5, 0.6) is 0 Å². The van der Waals surface area contributed by atoms with E-state index in [1.165, 1.54) is 5.69 Å². The molecule has 0 aliphatic carbocycles. The average molecular weight is 628 g/mol. The Morgan fingerprint density at radius 3 is 2.04 bits per heavy atom. The average Bonchev–Trinajstić information content (AvgIpc) is 3.33. The second-order valence-corrected chi connectivity index (χ2v) is 13.1. The third-order valence-corrected chi connectivity index (χ3v) is 9.79. The number of hydrogen-bond donors (Lipinski definition) is 2. The first-order valence-corrected chi connectivity index (χ1v) is 16.6. The molecule has 46 heavy (non-hydrogen) atoms. The molecule has 3 atom stereocenters. The van der Waals surface area contributed by atoms with Crippen molar-refractivity contribution in [3.63, 3.8) is 0 Å². The molecule has 7 rings (SSSR count). The van der Waals surface area contributed by atoms with Crippen LogP contribution in [0.1, 0.15) is 32.6 Å². The van der Waals surface area contributed by atoms with E-state index in [4.69, 9.17) is 24.4 Å². The van der Waals surface area contributed by atoms with Gasteiger partial charge in [-0.1, -0.05) is 0 Å². The molecule has 244 valence electrons. The number of carbonyl (C=O) groups excluding carboxylic acids is 1. The van der Waals surface area contributed by atoms with Crippen LogP contribution in [-0.4, -0.2) is 110 Å². The quantitative estimate of drug-likeness (QED) is 0.393. The lowest BCUT2D eigenvalue weighted by molar-refractivity contribution is 0.0895. The first-order chi connectivity index (χ1) is 22.4. The molecule has 3 aromatic rings. The number of aromatic nitrogens is 3. The zero-order valence-corrected chi connectivity index (χ0v) is 27.1. The maximum atomic E-state index is 12.9. The molecule has 1 aromatic heterocycles. The van der Waals surface area contributed by atoms with E-state index in [1.807, 2.05) is 36.4 Å². The lowest BCUT2D eigenvalue weighted by Gasteiger charge is -2.36. The number of nitrogens with zero attached hydrogens (tertiary/aromatic N) is 7. The standard InChI is InChI=1S/C34H45N9O3/c1-23-20-45-19-18-42(23)32-37-31(38-33(39-32)43-29-12-13-30(43)22-46-21-29)24-4-6-25(7-5-24)35-34(44)36-26-8-10-28(11-9-26)41-16-14-27(15-17-41)40(2)3/h4-11,23,27,29-30H,12-22H2,1-3H3,(H2,35,36,44). The smallest absolute Gasteiger partial charge is 0.323 e. The number of benzene rings is 2. The number of amides is 2. The predicted molar refractivity (Wildman–Crippen MR) is 181 cm³/mol. The van der Waals surface area contributed by atoms with Crippen LogP contribution < -0.4 is 25.3 Å². The molecule has 0 spiro atoms. The molecule has 0 radical (unpaired) electrons. The minimum absolute atomic E-state index is 0.167. The van der Waals surface area contributed by atoms with Gasteiger partial charge in [0.2, 0.25) is 11.9 Å². The highest BCUT2D eigenvalue weighted by atomic mass is 16.5. The van der Waals surface area contributed by atoms with E-state index < -0.39 is 0 Å². The Kier molecular flexibility index (Phi) is 8.92. The van der Waals surface area contributed by atoms with E-state index in [1.54, 1.807) is 0 Å². The molecule has 12 nitrogen and oxygen atoms in total. The van der Waals surface area contributed by atoms with Crippen LogP contribution in [-0.2, 0) is 9.47 Å². The van der Waals surface area contributed by atoms with Crippen molar-refractivity contribution in [2.75, 3.05) is 85.5 Å². The van der Waals surface area contributed by atoms with Gasteiger partial charge in [-0.2, -0.15) is 15.0 Å². The molecular weight excluding hydrogens is 582 g/mol. The summed E-state index contributed by atoms with van der Waals surface area (Å²) in [6.45, 7) is 7.63. The van der Waals surface area contributed by atoms with Gasteiger partial charge in [0.05, 0.1) is 44.6 Å². The molecular formula is C34H45N9O3. The van der Waals surface area contributed by atoms with Crippen molar-refractivity contribution in [3.8, 4) is 11.4 Å². The number of morpholine rings is 2. The highest BCUT2D eigenvalue weighted by Crippen LogP contribution is 2.34. The molecule has 5 heterocycles. The third kappa shape index (κ3) is 6.60. The van der Waals surface area contributed by atoms with Gasteiger partial charge in [-0.3, -0.25) is 0 Å². The SMILES string of the molecule is CC1COCCN1c1nc(-c2ccc(NC(=O)Nc3ccc(N4CCC(N(C)C)CC4)cc3)cc2)nc(N2C3CCC2COC3)n1. The first-order valence-electron chi connectivity index (χ1n) is 16.6. The second-order valence-electron chi connectivity index (χ2n) is 13.1. The lowest BCUT2D eigenvalue weighted by atomic mass is 10.0. The number of anilines is 5. The summed E-state index contributed by atoms with van der Waals surface area (Å²) in [5.41, 5.74) is 3.49. The van der Waals surface area contributed by atoms with Gasteiger partial charge < -0.3 is 39.7 Å². The van der Waals surface area contributed by atoms with Gasteiger partial charge in [0.25, 0.3) is 0 Å². The van der Waals surface area contributed by atoms with E-state index in [9.17, 15) is 4.79 Å². The molecule has 4 saturated heterocycles. The molecule has 2 bridgehead atoms. The highest BCUT2D eigenvalue weighted by molar-refractivity contribution is 5.99. The van der Waals surface area contributed by atoms with Crippen LogP contribution in [0.4, 0.5) is 33.8 Å². The third-order valence-electron chi connectivity index (χ3n) is 9.79. The Morgan fingerprint density at radius 2 is 1.41 bits per heavy atom. The van der Waals surface area contributed by atoms with Crippen LogP contribution in [0.25, 0.3) is 11.4 Å². The van der Waals surface area contributed by atoms with Crippen molar-refractivity contribution >= 4 is 35.0 Å². The summed E-state index contributed by atoms with van der Waals surface area (Å²) in [5.74, 6) is 2.00. The zero-order chi connectivity index (χ0) is 31.6. The lowest BCUT2D eigenvalue weighted by Crippen LogP contribution is -2.48. The topological polar surface area (TPSA) is 111 Å². The first kappa shape index (κ1) is 30.6. The predicted octanol–water partition coefficient (Wildman–Crippen LogP) is 4.31. The summed E-state index contributed by atoms with van der Waals surface area (Å²) < 4.78 is 11.5. The molecule has 0 saturated carbocycles. The van der Waals surface area contributed by atoms with E-state index in [2.05, 4.69) is 63.4 Å². The van der Waals surface area contributed by atoms with E-state index in [0.29, 0.717) is 55.9 Å². The van der Waals surface area contributed by atoms with Crippen LogP contribution >= 0.6 is 0 Å². The maximum Gasteiger partial charge on any atom is 0.323 e. The number of nitrogens with one attached hydrogen (secondary N) is 2. The number of piperidine rings is 1. The van der Waals surface area contributed by atoms with Gasteiger partial charge in [-0.25, -0.2) is 4.79 Å². The molecule has 2 N–H and O–H groups in total. The second kappa shape index (κ2) is 13.4. The van der Waals surface area contributed by atoms with E-state index >= 15 is 0 Å². The minimum Gasteiger partial charge on any atom is -0.377 e. The fourth-order valence-electron chi connectivity index (χ4n) is 7.10. The number of carbonyl (C=O) groups is 1. The highest BCUT2D eigenvalue weighted by Gasteiger charge is 2.39. The van der Waals surface area contributed by atoms with Gasteiger partial charge in [-0.15, -0.1) is 0 Å². The Morgan fingerprint density at radius 1 is 0.783 bits per heavy atom. The van der Waals surface area contributed by atoms with Crippen LogP contribution in [0.2, 0.25) is 0 Å². The molecule has 4 aliphatic heterocycles. The monoisotopic (exact) mass is 627 g/mol. The summed E-state index contributed by atoms with van der Waals surface area (Å²) in [4.78, 5) is 37.0. The molecule has 4 aliphatic rings. The van der Waals surface area contributed by atoms with Crippen molar-refractivity contribution in [1.82, 2.24) is 19.9 Å². The zero-order valence-electron chi connectivity index (χ0n) is 27.1. The largest absolute Gasteiger partial charge is 0.377 e. The fraction of sp³-hybridized carbons (Fsp3) is 0.529. The van der Waals surface area contributed by atoms with E-state index in [0.717, 1.165) is 56.6 Å².